The van der Waals surface area contributed by atoms with Crippen LogP contribution >= 0.6 is 0 Å². The molecule has 0 saturated carbocycles. The molecule has 0 fully saturated rings. The van der Waals surface area contributed by atoms with Gasteiger partial charge < -0.3 is 9.73 Å². The van der Waals surface area contributed by atoms with Crippen molar-refractivity contribution >= 4 is 11.0 Å². The Bertz CT molecular complexity index is 436. The van der Waals surface area contributed by atoms with E-state index < -0.39 is 0 Å². The van der Waals surface area contributed by atoms with E-state index in [2.05, 4.69) is 5.32 Å². The maximum Gasteiger partial charge on any atom is 0.137 e. The molecule has 0 amide bonds. The Balaban J connectivity index is 2.37. The molecule has 1 aromatic carbocycles. The summed E-state index contributed by atoms with van der Waals surface area (Å²) in [5.41, 5.74) is 1.68. The molecule has 2 rings (SSSR count). The molecule has 0 aliphatic carbocycles. The van der Waals surface area contributed by atoms with E-state index in [4.69, 9.17) is 4.42 Å². The number of rotatable bonds is 3. The van der Waals surface area contributed by atoms with Crippen molar-refractivity contribution in [2.24, 2.45) is 0 Å². The van der Waals surface area contributed by atoms with Gasteiger partial charge in [0, 0.05) is 23.6 Å². The van der Waals surface area contributed by atoms with Gasteiger partial charge in [-0.05, 0) is 18.7 Å². The van der Waals surface area contributed by atoms with Gasteiger partial charge in [0.25, 0.3) is 0 Å². The van der Waals surface area contributed by atoms with E-state index in [9.17, 15) is 4.39 Å². The van der Waals surface area contributed by atoms with Crippen LogP contribution < -0.4 is 5.32 Å². The van der Waals surface area contributed by atoms with Gasteiger partial charge in [0.15, 0.2) is 0 Å². The summed E-state index contributed by atoms with van der Waals surface area (Å²) in [6, 6.07) is 4.61. The summed E-state index contributed by atoms with van der Waals surface area (Å²) in [4.78, 5) is 0. The van der Waals surface area contributed by atoms with Crippen molar-refractivity contribution in [3.63, 3.8) is 0 Å². The summed E-state index contributed by atoms with van der Waals surface area (Å²) < 4.78 is 18.1. The van der Waals surface area contributed by atoms with Gasteiger partial charge in [-0.3, -0.25) is 0 Å². The van der Waals surface area contributed by atoms with E-state index in [1.807, 2.05) is 6.92 Å². The number of fused-ring (bicyclic) bond motifs is 1. The minimum absolute atomic E-state index is 0.262. The van der Waals surface area contributed by atoms with Crippen LogP contribution in [0.2, 0.25) is 0 Å². The first-order valence-corrected chi connectivity index (χ1v) is 4.67. The SMILES string of the molecule is CCNCc1coc2cc(F)ccc12. The van der Waals surface area contributed by atoms with Crippen LogP contribution in [-0.4, -0.2) is 6.54 Å². The summed E-state index contributed by atoms with van der Waals surface area (Å²) in [6.45, 7) is 3.71. The van der Waals surface area contributed by atoms with E-state index in [1.54, 1.807) is 12.3 Å². The van der Waals surface area contributed by atoms with Crippen molar-refractivity contribution in [1.29, 1.82) is 0 Å². The molecule has 0 aliphatic rings. The second-order valence-corrected chi connectivity index (χ2v) is 3.18. The molecule has 1 aromatic heterocycles. The van der Waals surface area contributed by atoms with Gasteiger partial charge in [-0.1, -0.05) is 6.92 Å². The van der Waals surface area contributed by atoms with Crippen LogP contribution in [0.15, 0.2) is 28.9 Å². The second kappa shape index (κ2) is 3.80. The van der Waals surface area contributed by atoms with Gasteiger partial charge in [0.1, 0.15) is 11.4 Å². The number of hydrogen-bond acceptors (Lipinski definition) is 2. The minimum Gasteiger partial charge on any atom is -0.464 e. The van der Waals surface area contributed by atoms with Crippen LogP contribution in [-0.2, 0) is 6.54 Å². The smallest absolute Gasteiger partial charge is 0.137 e. The van der Waals surface area contributed by atoms with Gasteiger partial charge in [-0.15, -0.1) is 0 Å². The third-order valence-electron chi connectivity index (χ3n) is 2.18. The van der Waals surface area contributed by atoms with E-state index in [1.165, 1.54) is 12.1 Å². The van der Waals surface area contributed by atoms with Gasteiger partial charge in [-0.2, -0.15) is 0 Å². The maximum atomic E-state index is 12.8. The highest BCUT2D eigenvalue weighted by molar-refractivity contribution is 5.80. The monoisotopic (exact) mass is 193 g/mol. The first-order valence-electron chi connectivity index (χ1n) is 4.67. The zero-order valence-corrected chi connectivity index (χ0v) is 8.01. The van der Waals surface area contributed by atoms with Crippen LogP contribution in [0, 0.1) is 5.82 Å². The quantitative estimate of drug-likeness (QED) is 0.810. The van der Waals surface area contributed by atoms with E-state index >= 15 is 0 Å². The molecule has 14 heavy (non-hydrogen) atoms. The fourth-order valence-electron chi connectivity index (χ4n) is 1.45. The Morgan fingerprint density at radius 3 is 3.07 bits per heavy atom. The Hall–Kier alpha value is -1.35. The first kappa shape index (κ1) is 9.21. The molecule has 74 valence electrons. The lowest BCUT2D eigenvalue weighted by molar-refractivity contribution is 0.592. The molecule has 3 heteroatoms. The van der Waals surface area contributed by atoms with Crippen molar-refractivity contribution in [2.75, 3.05) is 6.54 Å². The van der Waals surface area contributed by atoms with Crippen molar-refractivity contribution < 1.29 is 8.81 Å². The lowest BCUT2D eigenvalue weighted by Gasteiger charge is -1.97. The largest absolute Gasteiger partial charge is 0.464 e. The lowest BCUT2D eigenvalue weighted by Crippen LogP contribution is -2.11. The molecule has 2 nitrogen and oxygen atoms in total. The number of furan rings is 1. The third-order valence-corrected chi connectivity index (χ3v) is 2.18. The van der Waals surface area contributed by atoms with E-state index in [0.29, 0.717) is 5.58 Å². The van der Waals surface area contributed by atoms with E-state index in [-0.39, 0.29) is 5.82 Å². The molecule has 1 N–H and O–H groups in total. The van der Waals surface area contributed by atoms with Crippen molar-refractivity contribution in [3.05, 3.63) is 35.8 Å². The number of benzene rings is 1. The molecular weight excluding hydrogens is 181 g/mol. The van der Waals surface area contributed by atoms with Crippen LogP contribution in [0.1, 0.15) is 12.5 Å². The normalized spacial score (nSPS) is 11.0. The van der Waals surface area contributed by atoms with E-state index in [0.717, 1.165) is 24.0 Å². The molecule has 0 bridgehead atoms. The van der Waals surface area contributed by atoms with Crippen LogP contribution in [0.4, 0.5) is 4.39 Å². The van der Waals surface area contributed by atoms with Gasteiger partial charge in [-0.25, -0.2) is 4.39 Å². The lowest BCUT2D eigenvalue weighted by atomic mass is 10.2. The topological polar surface area (TPSA) is 25.2 Å². The molecule has 1 heterocycles. The Morgan fingerprint density at radius 1 is 1.43 bits per heavy atom. The number of halogens is 1. The average Bonchev–Trinajstić information content (AvgIpc) is 2.57. The van der Waals surface area contributed by atoms with Crippen LogP contribution in [0.25, 0.3) is 11.0 Å². The highest BCUT2D eigenvalue weighted by Gasteiger charge is 2.05. The average molecular weight is 193 g/mol. The third kappa shape index (κ3) is 1.63. The first-order chi connectivity index (χ1) is 6.81. The Kier molecular flexibility index (Phi) is 2.50. The van der Waals surface area contributed by atoms with Crippen molar-refractivity contribution in [3.8, 4) is 0 Å². The minimum atomic E-state index is -0.262. The molecule has 0 radical (unpaired) electrons. The maximum absolute atomic E-state index is 12.8. The number of nitrogens with one attached hydrogen (secondary N) is 1. The summed E-state index contributed by atoms with van der Waals surface area (Å²) in [5.74, 6) is -0.262. The predicted molar refractivity (Wildman–Crippen MR) is 53.6 cm³/mol. The molecule has 0 spiro atoms. The molecule has 0 unspecified atom stereocenters. The van der Waals surface area contributed by atoms with Crippen LogP contribution in [0.5, 0.6) is 0 Å². The fourth-order valence-corrected chi connectivity index (χ4v) is 1.45. The van der Waals surface area contributed by atoms with Crippen molar-refractivity contribution in [1.82, 2.24) is 5.32 Å². The standard InChI is InChI=1S/C11H12FNO/c1-2-13-6-8-7-14-11-5-9(12)3-4-10(8)11/h3-5,7,13H,2,6H2,1H3. The summed E-state index contributed by atoms with van der Waals surface area (Å²) in [6.07, 6.45) is 1.67. The van der Waals surface area contributed by atoms with Crippen molar-refractivity contribution in [2.45, 2.75) is 13.5 Å². The summed E-state index contributed by atoms with van der Waals surface area (Å²) >= 11 is 0. The highest BCUT2D eigenvalue weighted by atomic mass is 19.1. The molecule has 0 saturated heterocycles. The molecule has 0 aliphatic heterocycles. The zero-order valence-electron chi connectivity index (χ0n) is 8.01. The highest BCUT2D eigenvalue weighted by Crippen LogP contribution is 2.21. The second-order valence-electron chi connectivity index (χ2n) is 3.18. The summed E-state index contributed by atoms with van der Waals surface area (Å²) in [5, 5.41) is 4.18. The zero-order chi connectivity index (χ0) is 9.97. The molecule has 0 atom stereocenters. The van der Waals surface area contributed by atoms with Crippen LogP contribution in [0.3, 0.4) is 0 Å². The summed E-state index contributed by atoms with van der Waals surface area (Å²) in [7, 11) is 0. The molecular formula is C11H12FNO. The predicted octanol–water partition coefficient (Wildman–Crippen LogP) is 2.68. The van der Waals surface area contributed by atoms with Gasteiger partial charge in [0.2, 0.25) is 0 Å². The fraction of sp³-hybridized carbons (Fsp3) is 0.273. The Morgan fingerprint density at radius 2 is 2.29 bits per heavy atom. The molecule has 2 aromatic rings. The number of hydrogen-bond donors (Lipinski definition) is 1. The Labute approximate surface area is 81.7 Å². The van der Waals surface area contributed by atoms with Gasteiger partial charge in [0.05, 0.1) is 6.26 Å². The van der Waals surface area contributed by atoms with Gasteiger partial charge >= 0.3 is 0 Å².